The summed E-state index contributed by atoms with van der Waals surface area (Å²) in [6, 6.07) is 0.791. The molecule has 4 aliphatic rings. The molecule has 4 atom stereocenters. The molecule has 4 unspecified atom stereocenters. The van der Waals surface area contributed by atoms with Crippen molar-refractivity contribution < 1.29 is 4.79 Å². The molecule has 1 amide bonds. The molecule has 4 fully saturated rings. The molecule has 4 rings (SSSR count). The molecule has 18 heavy (non-hydrogen) atoms. The lowest BCUT2D eigenvalue weighted by Gasteiger charge is -2.09. The van der Waals surface area contributed by atoms with E-state index in [9.17, 15) is 4.79 Å². The molecule has 0 radical (unpaired) electrons. The Kier molecular flexibility index (Phi) is 2.65. The zero-order chi connectivity index (χ0) is 12.1. The van der Waals surface area contributed by atoms with Crippen LogP contribution in [0.15, 0.2) is 0 Å². The lowest BCUT2D eigenvalue weighted by atomic mass is 10.0. The maximum Gasteiger partial charge on any atom is 0.223 e. The fourth-order valence-electron chi connectivity index (χ4n) is 4.69. The van der Waals surface area contributed by atoms with Gasteiger partial charge in [-0.15, -0.1) is 0 Å². The minimum atomic E-state index is 0.369. The smallest absolute Gasteiger partial charge is 0.223 e. The molecule has 0 aliphatic heterocycles. The molecule has 4 saturated carbocycles. The summed E-state index contributed by atoms with van der Waals surface area (Å²) in [5, 5.41) is 6.65. The summed E-state index contributed by atoms with van der Waals surface area (Å²) in [6.07, 6.45) is 8.02. The zero-order valence-electron chi connectivity index (χ0n) is 11.0. The Morgan fingerprint density at radius 3 is 2.39 bits per heavy atom. The average molecular weight is 248 g/mol. The highest BCUT2D eigenvalue weighted by molar-refractivity contribution is 5.82. The summed E-state index contributed by atoms with van der Waals surface area (Å²) in [5.74, 6) is 4.17. The molecule has 0 aromatic heterocycles. The number of carbonyl (C=O) groups is 1. The molecule has 0 heterocycles. The van der Waals surface area contributed by atoms with E-state index >= 15 is 0 Å². The molecule has 0 aromatic carbocycles. The van der Waals surface area contributed by atoms with Gasteiger partial charge in [0.2, 0.25) is 5.91 Å². The normalized spacial score (nSPS) is 43.9. The first-order chi connectivity index (χ1) is 8.84. The highest BCUT2D eigenvalue weighted by Gasteiger charge is 2.67. The molecule has 2 bridgehead atoms. The number of rotatable bonds is 6. The van der Waals surface area contributed by atoms with Crippen LogP contribution in [0.4, 0.5) is 0 Å². The highest BCUT2D eigenvalue weighted by Crippen LogP contribution is 2.69. The number of hydrogen-bond acceptors (Lipinski definition) is 2. The van der Waals surface area contributed by atoms with Crippen LogP contribution in [-0.4, -0.2) is 25.0 Å². The van der Waals surface area contributed by atoms with Crippen molar-refractivity contribution in [1.82, 2.24) is 10.6 Å². The van der Waals surface area contributed by atoms with Gasteiger partial charge < -0.3 is 10.6 Å². The Balaban J connectivity index is 1.16. The minimum absolute atomic E-state index is 0.369. The predicted octanol–water partition coefficient (Wildman–Crippen LogP) is 1.54. The second kappa shape index (κ2) is 4.22. The maximum absolute atomic E-state index is 12.1. The van der Waals surface area contributed by atoms with E-state index < -0.39 is 0 Å². The average Bonchev–Trinajstić information content (AvgIpc) is 3.27. The van der Waals surface area contributed by atoms with Gasteiger partial charge in [-0.1, -0.05) is 0 Å². The van der Waals surface area contributed by atoms with Crippen LogP contribution in [0.5, 0.6) is 0 Å². The van der Waals surface area contributed by atoms with Crippen molar-refractivity contribution in [3.8, 4) is 0 Å². The summed E-state index contributed by atoms with van der Waals surface area (Å²) in [6.45, 7) is 1.93. The van der Waals surface area contributed by atoms with Crippen LogP contribution in [0, 0.1) is 29.6 Å². The Morgan fingerprint density at radius 2 is 1.72 bits per heavy atom. The molecule has 100 valence electrons. The molecule has 0 spiro atoms. The van der Waals surface area contributed by atoms with E-state index in [-0.39, 0.29) is 0 Å². The third-order valence-corrected chi connectivity index (χ3v) is 5.70. The number of amides is 1. The molecule has 3 nitrogen and oxygen atoms in total. The second-order valence-electron chi connectivity index (χ2n) is 6.89. The van der Waals surface area contributed by atoms with Crippen molar-refractivity contribution in [2.45, 2.75) is 44.6 Å². The summed E-state index contributed by atoms with van der Waals surface area (Å²) in [7, 11) is 0. The Morgan fingerprint density at radius 1 is 1.00 bits per heavy atom. The van der Waals surface area contributed by atoms with Gasteiger partial charge in [0.1, 0.15) is 0 Å². The van der Waals surface area contributed by atoms with Crippen LogP contribution < -0.4 is 10.6 Å². The lowest BCUT2D eigenvalue weighted by Crippen LogP contribution is -2.30. The van der Waals surface area contributed by atoms with Gasteiger partial charge in [0.15, 0.2) is 0 Å². The zero-order valence-corrected chi connectivity index (χ0v) is 11.0. The Hall–Kier alpha value is -0.570. The van der Waals surface area contributed by atoms with Crippen molar-refractivity contribution in [1.29, 1.82) is 0 Å². The fourth-order valence-corrected chi connectivity index (χ4v) is 4.69. The van der Waals surface area contributed by atoms with Crippen LogP contribution in [0.3, 0.4) is 0 Å². The summed E-state index contributed by atoms with van der Waals surface area (Å²) in [4.78, 5) is 12.1. The second-order valence-corrected chi connectivity index (χ2v) is 6.89. The topological polar surface area (TPSA) is 41.1 Å². The van der Waals surface area contributed by atoms with Crippen LogP contribution >= 0.6 is 0 Å². The predicted molar refractivity (Wildman–Crippen MR) is 70.0 cm³/mol. The van der Waals surface area contributed by atoms with Crippen LogP contribution in [0.2, 0.25) is 0 Å². The van der Waals surface area contributed by atoms with Crippen LogP contribution in [-0.2, 0) is 4.79 Å². The van der Waals surface area contributed by atoms with E-state index in [1.54, 1.807) is 0 Å². The van der Waals surface area contributed by atoms with Gasteiger partial charge in [-0.25, -0.2) is 0 Å². The van der Waals surface area contributed by atoms with E-state index in [0.29, 0.717) is 11.8 Å². The molecule has 0 aromatic rings. The van der Waals surface area contributed by atoms with Gasteiger partial charge in [0, 0.05) is 18.5 Å². The van der Waals surface area contributed by atoms with Crippen LogP contribution in [0.25, 0.3) is 0 Å². The van der Waals surface area contributed by atoms with Crippen molar-refractivity contribution >= 4 is 5.91 Å². The van der Waals surface area contributed by atoms with Crippen molar-refractivity contribution in [3.05, 3.63) is 0 Å². The third kappa shape index (κ3) is 1.87. The Bertz CT molecular complexity index is 336. The summed E-state index contributed by atoms with van der Waals surface area (Å²) < 4.78 is 0. The highest BCUT2D eigenvalue weighted by atomic mass is 16.2. The first-order valence-corrected chi connectivity index (χ1v) is 7.85. The molecule has 4 aliphatic carbocycles. The lowest BCUT2D eigenvalue weighted by molar-refractivity contribution is -0.123. The molecular weight excluding hydrogens is 224 g/mol. The van der Waals surface area contributed by atoms with Crippen LogP contribution in [0.1, 0.15) is 38.5 Å². The van der Waals surface area contributed by atoms with Crippen molar-refractivity contribution in [2.24, 2.45) is 29.6 Å². The SMILES string of the molecule is O=C(NCCCNC1CC1)C1C2C3CCC(C3)C12. The van der Waals surface area contributed by atoms with Crippen molar-refractivity contribution in [2.75, 3.05) is 13.1 Å². The van der Waals surface area contributed by atoms with Gasteiger partial charge in [0.25, 0.3) is 0 Å². The van der Waals surface area contributed by atoms with Gasteiger partial charge in [-0.05, 0) is 68.7 Å². The van der Waals surface area contributed by atoms with Gasteiger partial charge in [-0.3, -0.25) is 4.79 Å². The van der Waals surface area contributed by atoms with Crippen molar-refractivity contribution in [3.63, 3.8) is 0 Å². The van der Waals surface area contributed by atoms with Gasteiger partial charge in [0.05, 0.1) is 0 Å². The fraction of sp³-hybridized carbons (Fsp3) is 0.933. The standard InChI is InChI=1S/C15H24N2O/c18-15(17-7-1-6-16-11-4-5-11)14-12-9-2-3-10(8-9)13(12)14/h9-14,16H,1-8H2,(H,17,18). The first-order valence-electron chi connectivity index (χ1n) is 7.85. The van der Waals surface area contributed by atoms with Gasteiger partial charge >= 0.3 is 0 Å². The third-order valence-electron chi connectivity index (χ3n) is 5.70. The molecular formula is C15H24N2O. The van der Waals surface area contributed by atoms with E-state index in [0.717, 1.165) is 49.2 Å². The maximum atomic E-state index is 12.1. The quantitative estimate of drug-likeness (QED) is 0.700. The number of fused-ring (bicyclic) bond motifs is 5. The number of hydrogen-bond donors (Lipinski definition) is 2. The van der Waals surface area contributed by atoms with Gasteiger partial charge in [-0.2, -0.15) is 0 Å². The van der Waals surface area contributed by atoms with E-state index in [4.69, 9.17) is 0 Å². The summed E-state index contributed by atoms with van der Waals surface area (Å²) >= 11 is 0. The molecule has 2 N–H and O–H groups in total. The first kappa shape index (κ1) is 11.3. The monoisotopic (exact) mass is 248 g/mol. The van der Waals surface area contributed by atoms with E-state index in [1.807, 2.05) is 0 Å². The largest absolute Gasteiger partial charge is 0.356 e. The summed E-state index contributed by atoms with van der Waals surface area (Å²) in [5.41, 5.74) is 0. The van der Waals surface area contributed by atoms with E-state index in [1.165, 1.54) is 32.1 Å². The number of carbonyl (C=O) groups excluding carboxylic acids is 1. The Labute approximate surface area is 109 Å². The molecule has 0 saturated heterocycles. The number of nitrogens with one attached hydrogen (secondary N) is 2. The molecule has 3 heteroatoms. The van der Waals surface area contributed by atoms with E-state index in [2.05, 4.69) is 10.6 Å². The minimum Gasteiger partial charge on any atom is -0.356 e.